The number of fused-ring (bicyclic) bond motifs is 8. The summed E-state index contributed by atoms with van der Waals surface area (Å²) in [4.78, 5) is 32.2. The third-order valence-electron chi connectivity index (χ3n) is 10.1. The Labute approximate surface area is 287 Å². The first-order chi connectivity index (χ1) is 23.6. The summed E-state index contributed by atoms with van der Waals surface area (Å²) in [5, 5.41) is 0. The number of rotatable bonds is 3. The van der Waals surface area contributed by atoms with E-state index in [9.17, 15) is 4.79 Å². The van der Waals surface area contributed by atoms with Crippen LogP contribution in [0.1, 0.15) is 63.7 Å². The molecule has 0 atom stereocenters. The molecule has 2 aliphatic heterocycles. The first-order valence-electron chi connectivity index (χ1n) is 17.1. The number of carbonyl (C=O) groups excluding carboxylic acids is 1. The third kappa shape index (κ3) is 5.21. The van der Waals surface area contributed by atoms with Gasteiger partial charge in [0.25, 0.3) is 0 Å². The number of aromatic nitrogens is 4. The van der Waals surface area contributed by atoms with Gasteiger partial charge in [0.05, 0.1) is 22.5 Å². The van der Waals surface area contributed by atoms with Crippen LogP contribution in [-0.2, 0) is 18.3 Å². The van der Waals surface area contributed by atoms with Crippen molar-refractivity contribution in [2.75, 3.05) is 0 Å². The van der Waals surface area contributed by atoms with Gasteiger partial charge >= 0.3 is 0 Å². The average molecular weight is 641 g/mol. The predicted molar refractivity (Wildman–Crippen MR) is 201 cm³/mol. The number of ketones is 1. The fourth-order valence-electron chi connectivity index (χ4n) is 7.79. The monoisotopic (exact) mass is 640 g/mol. The molecule has 8 rings (SSSR count). The van der Waals surface area contributed by atoms with Crippen LogP contribution in [0.25, 0.3) is 55.4 Å². The number of benzene rings is 3. The second-order valence-electron chi connectivity index (χ2n) is 14.2. The van der Waals surface area contributed by atoms with Gasteiger partial charge in [0.2, 0.25) is 0 Å². The fourth-order valence-corrected chi connectivity index (χ4v) is 7.79. The van der Waals surface area contributed by atoms with Gasteiger partial charge in [-0.05, 0) is 113 Å². The van der Waals surface area contributed by atoms with E-state index in [4.69, 9.17) is 9.97 Å². The van der Waals surface area contributed by atoms with Crippen molar-refractivity contribution >= 4 is 27.9 Å². The highest BCUT2D eigenvalue weighted by Gasteiger charge is 2.40. The lowest BCUT2D eigenvalue weighted by atomic mass is 9.82. The van der Waals surface area contributed by atoms with Crippen LogP contribution in [0, 0.1) is 27.7 Å². The Hall–Kier alpha value is -5.55. The molecule has 0 fully saturated rings. The lowest BCUT2D eigenvalue weighted by Gasteiger charge is -2.18. The molecule has 2 aliphatic rings. The highest BCUT2D eigenvalue weighted by atomic mass is 16.1. The molecule has 0 aliphatic carbocycles. The molecule has 0 saturated carbocycles. The molecule has 5 nitrogen and oxygen atoms in total. The molecular weight excluding hydrogens is 601 g/mol. The van der Waals surface area contributed by atoms with E-state index in [-0.39, 0.29) is 5.78 Å². The number of aromatic amines is 2. The van der Waals surface area contributed by atoms with Crippen molar-refractivity contribution in [2.45, 2.75) is 59.8 Å². The van der Waals surface area contributed by atoms with Crippen molar-refractivity contribution in [3.8, 4) is 33.4 Å². The van der Waals surface area contributed by atoms with Gasteiger partial charge in [0, 0.05) is 38.8 Å². The van der Waals surface area contributed by atoms with Gasteiger partial charge in [0.15, 0.2) is 5.78 Å². The number of hydrogen-bond acceptors (Lipinski definition) is 3. The number of carbonyl (C=O) groups is 1. The number of H-pyrrole nitrogens is 2. The van der Waals surface area contributed by atoms with E-state index in [0.717, 1.165) is 79.8 Å². The Morgan fingerprint density at radius 3 is 1.86 bits per heavy atom. The molecule has 49 heavy (non-hydrogen) atoms. The fraction of sp³-hybridized carbons (Fsp3) is 0.205. The minimum absolute atomic E-state index is 0.00324. The molecule has 0 amide bonds. The molecule has 0 saturated heterocycles. The van der Waals surface area contributed by atoms with Crippen LogP contribution in [0.4, 0.5) is 0 Å². The highest BCUT2D eigenvalue weighted by molar-refractivity contribution is 6.07. The van der Waals surface area contributed by atoms with Gasteiger partial charge in [-0.3, -0.25) is 9.78 Å². The number of nitrogens with one attached hydrogen (secondary N) is 2. The van der Waals surface area contributed by atoms with Crippen LogP contribution < -0.4 is 0 Å². The number of nitrogens with zero attached hydrogens (tertiary/aromatic N) is 2. The Bertz CT molecular complexity index is 2440. The quantitative estimate of drug-likeness (QED) is 0.202. The molecule has 5 heterocycles. The number of aryl methyl sites for hydroxylation is 6. The summed E-state index contributed by atoms with van der Waals surface area (Å²) in [5.74, 6) is 0.00324. The lowest BCUT2D eigenvalue weighted by molar-refractivity contribution is 0.0919. The van der Waals surface area contributed by atoms with Crippen LogP contribution in [0.15, 0.2) is 97.1 Å². The van der Waals surface area contributed by atoms with Crippen molar-refractivity contribution in [1.29, 1.82) is 0 Å². The van der Waals surface area contributed by atoms with Crippen molar-refractivity contribution in [3.05, 3.63) is 142 Å². The van der Waals surface area contributed by atoms with Crippen LogP contribution in [-0.4, -0.2) is 25.7 Å². The molecule has 5 heteroatoms. The smallest absolute Gasteiger partial charge is 0.192 e. The molecule has 3 aromatic heterocycles. The second kappa shape index (κ2) is 11.6. The van der Waals surface area contributed by atoms with Gasteiger partial charge in [0.1, 0.15) is 5.69 Å². The first-order valence-corrected chi connectivity index (χ1v) is 17.1. The molecule has 242 valence electrons. The van der Waals surface area contributed by atoms with Crippen LogP contribution in [0.5, 0.6) is 0 Å². The topological polar surface area (TPSA) is 74.4 Å². The molecule has 3 aromatic carbocycles. The van der Waals surface area contributed by atoms with Crippen molar-refractivity contribution < 1.29 is 4.79 Å². The third-order valence-corrected chi connectivity index (χ3v) is 10.1. The van der Waals surface area contributed by atoms with E-state index < -0.39 is 5.41 Å². The average Bonchev–Trinajstić information content (AvgIpc) is 3.88. The molecule has 0 radical (unpaired) electrons. The largest absolute Gasteiger partial charge is 0.355 e. The second-order valence-corrected chi connectivity index (χ2v) is 14.2. The molecular formula is C44H40N4O. The van der Waals surface area contributed by atoms with Crippen LogP contribution in [0.3, 0.4) is 0 Å². The summed E-state index contributed by atoms with van der Waals surface area (Å²) in [6.45, 7) is 12.6. The van der Waals surface area contributed by atoms with E-state index >= 15 is 0 Å². The Morgan fingerprint density at radius 2 is 1.16 bits per heavy atom. The van der Waals surface area contributed by atoms with E-state index in [1.54, 1.807) is 0 Å². The van der Waals surface area contributed by atoms with Gasteiger partial charge < -0.3 is 9.97 Å². The summed E-state index contributed by atoms with van der Waals surface area (Å²) in [6, 6.07) is 33.9. The molecule has 8 bridgehead atoms. The summed E-state index contributed by atoms with van der Waals surface area (Å²) in [7, 11) is 0. The summed E-state index contributed by atoms with van der Waals surface area (Å²) < 4.78 is 0. The van der Waals surface area contributed by atoms with E-state index in [1.165, 1.54) is 27.8 Å². The van der Waals surface area contributed by atoms with E-state index in [1.807, 2.05) is 38.1 Å². The molecule has 2 N–H and O–H groups in total. The Kier molecular flexibility index (Phi) is 7.25. The normalized spacial score (nSPS) is 14.0. The van der Waals surface area contributed by atoms with Crippen molar-refractivity contribution in [1.82, 2.24) is 19.9 Å². The maximum absolute atomic E-state index is 14.1. The van der Waals surface area contributed by atoms with Gasteiger partial charge in [-0.1, -0.05) is 77.9 Å². The highest BCUT2D eigenvalue weighted by Crippen LogP contribution is 2.41. The van der Waals surface area contributed by atoms with Crippen molar-refractivity contribution in [3.63, 3.8) is 0 Å². The molecule has 6 aromatic rings. The summed E-state index contributed by atoms with van der Waals surface area (Å²) in [5.41, 5.74) is 17.6. The van der Waals surface area contributed by atoms with Gasteiger partial charge in [-0.2, -0.15) is 0 Å². The molecule has 0 spiro atoms. The SMILES string of the molecule is Cc1ccc(-c2c3nc(c(-c4c(C)cc(C)cc4C)c4ccc(cc5nc(c(-c6ccccc6)c6ccc2[nH]6)C(C)(C)C5=O)[nH]4)CC3)cc1. The Balaban J connectivity index is 1.58. The zero-order chi connectivity index (χ0) is 34.0. The summed E-state index contributed by atoms with van der Waals surface area (Å²) >= 11 is 0. The molecule has 0 unspecified atom stereocenters. The van der Waals surface area contributed by atoms with Crippen LogP contribution >= 0.6 is 0 Å². The minimum Gasteiger partial charge on any atom is -0.355 e. The van der Waals surface area contributed by atoms with E-state index in [2.05, 4.69) is 110 Å². The van der Waals surface area contributed by atoms with Gasteiger partial charge in [-0.15, -0.1) is 0 Å². The number of hydrogen-bond donors (Lipinski definition) is 2. The standard InChI is InChI=1S/C44H40N4O/c1-25-12-14-30(15-13-25)39-32-18-20-34(46-32)40(29-10-8-7-9-11-29)42-44(5,6)43(49)37(48-42)24-31-16-17-35(45-31)41(36-21-19-33(39)47-36)38-27(3)22-26(2)23-28(38)4/h7-18,20,22-24,45-46H,19,21H2,1-6H3. The van der Waals surface area contributed by atoms with Crippen LogP contribution in [0.2, 0.25) is 0 Å². The minimum atomic E-state index is -0.832. The number of Topliss-reactive ketones (excluding diaryl/α,β-unsaturated/α-hetero) is 1. The summed E-state index contributed by atoms with van der Waals surface area (Å²) in [6.07, 6.45) is 1.64. The zero-order valence-corrected chi connectivity index (χ0v) is 29.0. The maximum Gasteiger partial charge on any atom is 0.192 e. The van der Waals surface area contributed by atoms with E-state index in [0.29, 0.717) is 5.69 Å². The van der Waals surface area contributed by atoms with Gasteiger partial charge in [-0.25, -0.2) is 4.98 Å². The Morgan fingerprint density at radius 1 is 0.571 bits per heavy atom. The van der Waals surface area contributed by atoms with Crippen molar-refractivity contribution in [2.24, 2.45) is 0 Å². The predicted octanol–water partition coefficient (Wildman–Crippen LogP) is 10.5. The lowest BCUT2D eigenvalue weighted by Crippen LogP contribution is -2.24. The first kappa shape index (κ1) is 30.8. The zero-order valence-electron chi connectivity index (χ0n) is 29.0. The maximum atomic E-state index is 14.1.